The monoisotopic (exact) mass is 390 g/mol. The Kier molecular flexibility index (Phi) is 7.46. The van der Waals surface area contributed by atoms with Crippen molar-refractivity contribution in [1.29, 1.82) is 0 Å². The third-order valence-corrected chi connectivity index (χ3v) is 4.42. The molecule has 3 heteroatoms. The summed E-state index contributed by atoms with van der Waals surface area (Å²) in [4.78, 5) is 0. The van der Waals surface area contributed by atoms with E-state index in [0.29, 0.717) is 5.02 Å². The minimum Gasteiger partial charge on any atom is -0.872 e. The van der Waals surface area contributed by atoms with Gasteiger partial charge in [0, 0.05) is 5.02 Å². The van der Waals surface area contributed by atoms with Crippen LogP contribution in [0.5, 0.6) is 0 Å². The van der Waals surface area contributed by atoms with Crippen LogP contribution in [0.3, 0.4) is 0 Å². The van der Waals surface area contributed by atoms with Crippen molar-refractivity contribution >= 4 is 17.4 Å². The van der Waals surface area contributed by atoms with Gasteiger partial charge in [0.15, 0.2) is 0 Å². The molecule has 0 atom stereocenters. The molecular weight excluding hydrogens is 372 g/mol. The number of halogens is 1. The van der Waals surface area contributed by atoms with Crippen LogP contribution in [0.15, 0.2) is 95.6 Å². The predicted octanol–water partition coefficient (Wildman–Crippen LogP) is 5.42. The van der Waals surface area contributed by atoms with Crippen molar-refractivity contribution in [2.75, 3.05) is 0 Å². The summed E-state index contributed by atoms with van der Waals surface area (Å²) < 4.78 is 0. The average molecular weight is 391 g/mol. The van der Waals surface area contributed by atoms with E-state index in [1.165, 1.54) is 11.1 Å². The van der Waals surface area contributed by atoms with Crippen molar-refractivity contribution in [1.82, 2.24) is 0 Å². The van der Waals surface area contributed by atoms with E-state index >= 15 is 0 Å². The molecule has 2 aromatic carbocycles. The van der Waals surface area contributed by atoms with Gasteiger partial charge in [-0.25, -0.2) is 12.1 Å². The topological polar surface area (TPSA) is 23.1 Å². The number of hydrogen-bond acceptors (Lipinski definition) is 1. The summed E-state index contributed by atoms with van der Waals surface area (Å²) in [5.74, 6) is 0.144. The molecule has 0 bridgehead atoms. The quantitative estimate of drug-likeness (QED) is 0.362. The molecule has 0 radical (unpaired) electrons. The summed E-state index contributed by atoms with van der Waals surface area (Å²) >= 11 is 5.86. The number of allylic oxidation sites excluding steroid dienone is 7. The van der Waals surface area contributed by atoms with Crippen molar-refractivity contribution in [3.63, 3.8) is 0 Å². The van der Waals surface area contributed by atoms with E-state index in [4.69, 9.17) is 11.6 Å². The number of hydrogen-bond donors (Lipinski definition) is 0. The van der Waals surface area contributed by atoms with E-state index in [2.05, 4.69) is 12.2 Å². The minimum atomic E-state index is 0. The van der Waals surface area contributed by atoms with Crippen molar-refractivity contribution < 1.29 is 22.2 Å². The molecule has 0 amide bonds. The molecule has 0 unspecified atom stereocenters. The molecule has 128 valence electrons. The fourth-order valence-electron chi connectivity index (χ4n) is 2.98. The van der Waals surface area contributed by atoms with Gasteiger partial charge >= 0.3 is 17.1 Å². The molecule has 0 N–H and O–H groups in total. The molecule has 2 aliphatic carbocycles. The first kappa shape index (κ1) is 19.5. The minimum absolute atomic E-state index is 0. The third kappa shape index (κ3) is 5.06. The van der Waals surface area contributed by atoms with Gasteiger partial charge in [0.05, 0.1) is 0 Å². The molecule has 1 saturated carbocycles. The standard InChI is InChI=1S/C17H15ClO.C5H5.Fe/c18-14-10-8-13(9-11-14)17(19)16-7-3-6-15(16)12-4-1-2-5-12;1-2-4-5-3-1;/h1-2,4-5,8-11,19H,3,6-7H2;1-5H;/q;-1;+2/p-1. The Labute approximate surface area is 164 Å². The third-order valence-electron chi connectivity index (χ3n) is 4.17. The summed E-state index contributed by atoms with van der Waals surface area (Å²) in [7, 11) is 0. The van der Waals surface area contributed by atoms with E-state index in [1.807, 2.05) is 42.5 Å². The molecule has 4 rings (SSSR count). The van der Waals surface area contributed by atoms with Crippen molar-refractivity contribution in [2.24, 2.45) is 0 Å². The molecule has 0 aliphatic heterocycles. The molecular formula is C22H19ClFeO. The van der Waals surface area contributed by atoms with E-state index in [9.17, 15) is 5.11 Å². The van der Waals surface area contributed by atoms with Crippen LogP contribution >= 0.6 is 11.6 Å². The van der Waals surface area contributed by atoms with E-state index < -0.39 is 0 Å². The van der Waals surface area contributed by atoms with Gasteiger partial charge < -0.3 is 5.11 Å². The Hall–Kier alpha value is -1.86. The SMILES string of the molecule is [Fe+2].[O-]C(=C1CCCC1=C1C=CC=C1)c1ccc(Cl)cc1.c1cc[cH-]c1. The molecule has 1 nitrogen and oxygen atoms in total. The summed E-state index contributed by atoms with van der Waals surface area (Å²) in [5.41, 5.74) is 4.10. The van der Waals surface area contributed by atoms with Crippen LogP contribution in [0.25, 0.3) is 5.76 Å². The Bertz CT molecular complexity index is 762. The van der Waals surface area contributed by atoms with Gasteiger partial charge in [-0.15, -0.1) is 0 Å². The van der Waals surface area contributed by atoms with Gasteiger partial charge in [-0.05, 0) is 48.1 Å². The van der Waals surface area contributed by atoms with Crippen molar-refractivity contribution in [2.45, 2.75) is 19.3 Å². The number of rotatable bonds is 1. The van der Waals surface area contributed by atoms with Crippen LogP contribution in [0.1, 0.15) is 24.8 Å². The van der Waals surface area contributed by atoms with Gasteiger partial charge in [0.25, 0.3) is 0 Å². The van der Waals surface area contributed by atoms with Crippen LogP contribution in [0.4, 0.5) is 0 Å². The summed E-state index contributed by atoms with van der Waals surface area (Å²) in [6.45, 7) is 0. The normalized spacial score (nSPS) is 17.2. The zero-order valence-electron chi connectivity index (χ0n) is 13.8. The maximum absolute atomic E-state index is 12.6. The Morgan fingerprint density at radius 2 is 1.60 bits per heavy atom. The molecule has 0 heterocycles. The largest absolute Gasteiger partial charge is 2.00 e. The molecule has 2 aliphatic rings. The van der Waals surface area contributed by atoms with Gasteiger partial charge in [0.2, 0.25) is 0 Å². The summed E-state index contributed by atoms with van der Waals surface area (Å²) in [5, 5.41) is 13.2. The van der Waals surface area contributed by atoms with Gasteiger partial charge in [-0.1, -0.05) is 59.4 Å². The molecule has 0 saturated heterocycles. The van der Waals surface area contributed by atoms with Crippen LogP contribution < -0.4 is 5.11 Å². The average Bonchev–Trinajstić information content (AvgIpc) is 3.38. The summed E-state index contributed by atoms with van der Waals surface area (Å²) in [6.07, 6.45) is 11.1. The first-order chi connectivity index (χ1) is 11.8. The first-order valence-electron chi connectivity index (χ1n) is 8.17. The molecule has 25 heavy (non-hydrogen) atoms. The Morgan fingerprint density at radius 1 is 0.960 bits per heavy atom. The van der Waals surface area contributed by atoms with E-state index in [0.717, 1.165) is 30.4 Å². The van der Waals surface area contributed by atoms with Crippen LogP contribution in [-0.4, -0.2) is 0 Å². The maximum atomic E-state index is 12.6. The molecule has 2 aromatic rings. The fraction of sp³-hybridized carbons (Fsp3) is 0.136. The zero-order valence-corrected chi connectivity index (χ0v) is 15.6. The first-order valence-corrected chi connectivity index (χ1v) is 8.54. The Morgan fingerprint density at radius 3 is 2.16 bits per heavy atom. The van der Waals surface area contributed by atoms with E-state index in [-0.39, 0.29) is 22.8 Å². The van der Waals surface area contributed by atoms with Gasteiger partial charge in [-0.3, -0.25) is 0 Å². The second-order valence-corrected chi connectivity index (χ2v) is 6.22. The summed E-state index contributed by atoms with van der Waals surface area (Å²) in [6, 6.07) is 17.1. The maximum Gasteiger partial charge on any atom is 2.00 e. The smallest absolute Gasteiger partial charge is 0.872 e. The molecule has 0 aromatic heterocycles. The predicted molar refractivity (Wildman–Crippen MR) is 99.6 cm³/mol. The fourth-order valence-corrected chi connectivity index (χ4v) is 3.11. The van der Waals surface area contributed by atoms with Gasteiger partial charge in [0.1, 0.15) is 0 Å². The second kappa shape index (κ2) is 9.58. The van der Waals surface area contributed by atoms with Gasteiger partial charge in [-0.2, -0.15) is 18.2 Å². The van der Waals surface area contributed by atoms with Crippen LogP contribution in [0, 0.1) is 0 Å². The second-order valence-electron chi connectivity index (χ2n) is 5.78. The Balaban J connectivity index is 0.000000325. The van der Waals surface area contributed by atoms with Crippen LogP contribution in [0.2, 0.25) is 5.02 Å². The molecule has 1 fully saturated rings. The molecule has 0 spiro atoms. The van der Waals surface area contributed by atoms with Crippen LogP contribution in [-0.2, 0) is 17.1 Å². The van der Waals surface area contributed by atoms with Crippen molar-refractivity contribution in [3.8, 4) is 0 Å². The van der Waals surface area contributed by atoms with E-state index in [1.54, 1.807) is 24.3 Å². The van der Waals surface area contributed by atoms with Crippen molar-refractivity contribution in [3.05, 3.63) is 106 Å². The number of benzene rings is 1. The zero-order chi connectivity index (χ0) is 16.8.